The Balaban J connectivity index is 2.19. The SMILES string of the molecule is Cc1ncccc1NC(=O)Nc1cccc(F)c1C(=O)O. The molecule has 0 aliphatic heterocycles. The van der Waals surface area contributed by atoms with E-state index in [9.17, 15) is 14.0 Å². The first-order valence-corrected chi connectivity index (χ1v) is 6.00. The Hall–Kier alpha value is -2.96. The van der Waals surface area contributed by atoms with E-state index in [0.717, 1.165) is 6.07 Å². The van der Waals surface area contributed by atoms with E-state index in [1.165, 1.54) is 12.1 Å². The van der Waals surface area contributed by atoms with Crippen molar-refractivity contribution in [2.45, 2.75) is 6.92 Å². The monoisotopic (exact) mass is 289 g/mol. The van der Waals surface area contributed by atoms with Crippen LogP contribution in [0.25, 0.3) is 0 Å². The summed E-state index contributed by atoms with van der Waals surface area (Å²) in [6, 6.07) is 6.24. The fourth-order valence-electron chi connectivity index (χ4n) is 1.74. The lowest BCUT2D eigenvalue weighted by atomic mass is 10.1. The number of hydrogen-bond donors (Lipinski definition) is 3. The van der Waals surface area contributed by atoms with Crippen LogP contribution >= 0.6 is 0 Å². The van der Waals surface area contributed by atoms with Crippen LogP contribution < -0.4 is 10.6 Å². The van der Waals surface area contributed by atoms with Crippen LogP contribution in [0.4, 0.5) is 20.6 Å². The second-order valence-electron chi connectivity index (χ2n) is 4.18. The molecule has 0 saturated heterocycles. The molecule has 0 unspecified atom stereocenters. The Morgan fingerprint density at radius 2 is 1.81 bits per heavy atom. The van der Waals surface area contributed by atoms with Crippen LogP contribution in [0.15, 0.2) is 36.5 Å². The fraction of sp³-hybridized carbons (Fsp3) is 0.0714. The van der Waals surface area contributed by atoms with Crippen molar-refractivity contribution >= 4 is 23.4 Å². The number of benzene rings is 1. The number of rotatable bonds is 3. The molecule has 3 N–H and O–H groups in total. The highest BCUT2D eigenvalue weighted by atomic mass is 19.1. The number of hydrogen-bond acceptors (Lipinski definition) is 3. The average Bonchev–Trinajstić information content (AvgIpc) is 2.41. The smallest absolute Gasteiger partial charge is 0.340 e. The first kappa shape index (κ1) is 14.4. The highest BCUT2D eigenvalue weighted by molar-refractivity contribution is 6.04. The van der Waals surface area contributed by atoms with Crippen molar-refractivity contribution < 1.29 is 19.1 Å². The van der Waals surface area contributed by atoms with Crippen LogP contribution in [0.1, 0.15) is 16.1 Å². The number of aromatic nitrogens is 1. The molecular formula is C14H12FN3O3. The van der Waals surface area contributed by atoms with Crippen molar-refractivity contribution in [1.29, 1.82) is 0 Å². The third-order valence-electron chi connectivity index (χ3n) is 2.73. The number of nitrogens with zero attached hydrogens (tertiary/aromatic N) is 1. The molecule has 2 aromatic rings. The fourth-order valence-corrected chi connectivity index (χ4v) is 1.74. The summed E-state index contributed by atoms with van der Waals surface area (Å²) in [4.78, 5) is 26.9. The molecule has 1 heterocycles. The van der Waals surface area contributed by atoms with Crippen molar-refractivity contribution in [2.24, 2.45) is 0 Å². The van der Waals surface area contributed by atoms with Gasteiger partial charge in [-0.25, -0.2) is 14.0 Å². The number of anilines is 2. The molecule has 2 amide bonds. The molecule has 0 radical (unpaired) electrons. The summed E-state index contributed by atoms with van der Waals surface area (Å²) in [6.07, 6.45) is 1.58. The molecule has 0 fully saturated rings. The van der Waals surface area contributed by atoms with E-state index in [1.54, 1.807) is 25.3 Å². The number of pyridine rings is 1. The summed E-state index contributed by atoms with van der Waals surface area (Å²) in [5.41, 5.74) is 0.366. The number of aromatic carboxylic acids is 1. The third-order valence-corrected chi connectivity index (χ3v) is 2.73. The molecule has 0 spiro atoms. The summed E-state index contributed by atoms with van der Waals surface area (Å²) in [6.45, 7) is 1.71. The van der Waals surface area contributed by atoms with E-state index >= 15 is 0 Å². The van der Waals surface area contributed by atoms with Crippen molar-refractivity contribution in [2.75, 3.05) is 10.6 Å². The van der Waals surface area contributed by atoms with Gasteiger partial charge in [-0.15, -0.1) is 0 Å². The second-order valence-corrected chi connectivity index (χ2v) is 4.18. The van der Waals surface area contributed by atoms with Gasteiger partial charge in [0.15, 0.2) is 0 Å². The van der Waals surface area contributed by atoms with Gasteiger partial charge in [0.1, 0.15) is 11.4 Å². The summed E-state index contributed by atoms with van der Waals surface area (Å²) < 4.78 is 13.5. The van der Waals surface area contributed by atoms with Crippen LogP contribution in [0, 0.1) is 12.7 Å². The minimum Gasteiger partial charge on any atom is -0.478 e. The molecular weight excluding hydrogens is 277 g/mol. The number of urea groups is 1. The normalized spacial score (nSPS) is 10.0. The van der Waals surface area contributed by atoms with Crippen molar-refractivity contribution in [3.8, 4) is 0 Å². The zero-order valence-electron chi connectivity index (χ0n) is 11.1. The van der Waals surface area contributed by atoms with Crippen LogP contribution in [-0.4, -0.2) is 22.1 Å². The Kier molecular flexibility index (Phi) is 4.13. The molecule has 0 bridgehead atoms. The van der Waals surface area contributed by atoms with Gasteiger partial charge in [-0.1, -0.05) is 6.07 Å². The summed E-state index contributed by atoms with van der Waals surface area (Å²) in [7, 11) is 0. The second kappa shape index (κ2) is 6.00. The van der Waals surface area contributed by atoms with Crippen LogP contribution in [0.2, 0.25) is 0 Å². The van der Waals surface area contributed by atoms with Crippen molar-refractivity contribution in [1.82, 2.24) is 4.98 Å². The molecule has 21 heavy (non-hydrogen) atoms. The van der Waals surface area contributed by atoms with E-state index in [-0.39, 0.29) is 5.69 Å². The van der Waals surface area contributed by atoms with E-state index in [2.05, 4.69) is 15.6 Å². The first-order valence-electron chi connectivity index (χ1n) is 6.00. The maximum absolute atomic E-state index is 13.5. The van der Waals surface area contributed by atoms with Gasteiger partial charge in [-0.05, 0) is 31.2 Å². The maximum Gasteiger partial charge on any atom is 0.340 e. The van der Waals surface area contributed by atoms with Gasteiger partial charge in [-0.3, -0.25) is 4.98 Å². The van der Waals surface area contributed by atoms with Crippen LogP contribution in [0.5, 0.6) is 0 Å². The lowest BCUT2D eigenvalue weighted by molar-refractivity contribution is 0.0693. The average molecular weight is 289 g/mol. The molecule has 0 atom stereocenters. The number of carbonyl (C=O) groups is 2. The number of carbonyl (C=O) groups excluding carboxylic acids is 1. The number of nitrogens with one attached hydrogen (secondary N) is 2. The predicted molar refractivity (Wildman–Crippen MR) is 75.0 cm³/mol. The minimum absolute atomic E-state index is 0.124. The van der Waals surface area contributed by atoms with Gasteiger partial charge in [0.25, 0.3) is 0 Å². The number of carboxylic acid groups (broad SMARTS) is 1. The van der Waals surface area contributed by atoms with E-state index in [4.69, 9.17) is 5.11 Å². The van der Waals surface area contributed by atoms with Crippen molar-refractivity contribution in [3.05, 3.63) is 53.6 Å². The third kappa shape index (κ3) is 3.33. The number of carboxylic acids is 1. The van der Waals surface area contributed by atoms with Gasteiger partial charge in [0.2, 0.25) is 0 Å². The maximum atomic E-state index is 13.5. The molecule has 0 saturated carbocycles. The molecule has 2 rings (SSSR count). The first-order chi connectivity index (χ1) is 9.99. The highest BCUT2D eigenvalue weighted by Gasteiger charge is 2.17. The molecule has 1 aromatic heterocycles. The molecule has 108 valence electrons. The van der Waals surface area contributed by atoms with E-state index < -0.39 is 23.4 Å². The Morgan fingerprint density at radius 3 is 2.48 bits per heavy atom. The number of aryl methyl sites for hydroxylation is 1. The lowest BCUT2D eigenvalue weighted by Crippen LogP contribution is -2.22. The lowest BCUT2D eigenvalue weighted by Gasteiger charge is -2.11. The largest absolute Gasteiger partial charge is 0.478 e. The Labute approximate surface area is 119 Å². The summed E-state index contributed by atoms with van der Waals surface area (Å²) in [5.74, 6) is -2.38. The van der Waals surface area contributed by atoms with Gasteiger partial charge in [-0.2, -0.15) is 0 Å². The zero-order valence-corrected chi connectivity index (χ0v) is 11.1. The van der Waals surface area contributed by atoms with Crippen LogP contribution in [-0.2, 0) is 0 Å². The van der Waals surface area contributed by atoms with Gasteiger partial charge >= 0.3 is 12.0 Å². The summed E-state index contributed by atoms with van der Waals surface area (Å²) in [5, 5.41) is 13.8. The molecule has 0 aliphatic carbocycles. The number of halogens is 1. The summed E-state index contributed by atoms with van der Waals surface area (Å²) >= 11 is 0. The Morgan fingerprint density at radius 1 is 1.14 bits per heavy atom. The quantitative estimate of drug-likeness (QED) is 0.810. The minimum atomic E-state index is -1.46. The van der Waals surface area contributed by atoms with Crippen molar-refractivity contribution in [3.63, 3.8) is 0 Å². The van der Waals surface area contributed by atoms with E-state index in [0.29, 0.717) is 11.4 Å². The molecule has 0 aliphatic rings. The van der Waals surface area contributed by atoms with Gasteiger partial charge in [0.05, 0.1) is 17.1 Å². The van der Waals surface area contributed by atoms with Gasteiger partial charge < -0.3 is 15.7 Å². The number of amides is 2. The van der Waals surface area contributed by atoms with E-state index in [1.807, 2.05) is 0 Å². The predicted octanol–water partition coefficient (Wildman–Crippen LogP) is 2.87. The molecule has 1 aromatic carbocycles. The molecule has 7 heteroatoms. The van der Waals surface area contributed by atoms with Gasteiger partial charge in [0, 0.05) is 6.20 Å². The standard InChI is InChI=1S/C14H12FN3O3/c1-8-10(6-3-7-16-8)17-14(21)18-11-5-2-4-9(15)12(11)13(19)20/h2-7H,1H3,(H,19,20)(H2,17,18,21). The zero-order chi connectivity index (χ0) is 15.4. The highest BCUT2D eigenvalue weighted by Crippen LogP contribution is 2.19. The Bertz CT molecular complexity index is 704. The molecule has 6 nitrogen and oxygen atoms in total. The van der Waals surface area contributed by atoms with Crippen LogP contribution in [0.3, 0.4) is 0 Å². The topological polar surface area (TPSA) is 91.3 Å².